The molecule has 0 radical (unpaired) electrons. The molecule has 0 atom stereocenters. The Labute approximate surface area is 99.2 Å². The van der Waals surface area contributed by atoms with Gasteiger partial charge >= 0.3 is 6.18 Å². The smallest absolute Gasteiger partial charge is 0.435 e. The Morgan fingerprint density at radius 3 is 2.61 bits per heavy atom. The number of halogens is 3. The summed E-state index contributed by atoms with van der Waals surface area (Å²) in [7, 11) is 1.31. The lowest BCUT2D eigenvalue weighted by Gasteiger charge is -2.08. The summed E-state index contributed by atoms with van der Waals surface area (Å²) in [6.07, 6.45) is -2.29. The van der Waals surface area contributed by atoms with E-state index in [1.54, 1.807) is 0 Å². The van der Waals surface area contributed by atoms with Gasteiger partial charge in [0.05, 0.1) is 7.11 Å². The Morgan fingerprint density at radius 1 is 1.33 bits per heavy atom. The molecule has 0 aliphatic rings. The molecule has 6 nitrogen and oxygen atoms in total. The van der Waals surface area contributed by atoms with Gasteiger partial charge in [0.25, 0.3) is 0 Å². The minimum atomic E-state index is -4.52. The Morgan fingerprint density at radius 2 is 2.06 bits per heavy atom. The van der Waals surface area contributed by atoms with Crippen molar-refractivity contribution < 1.29 is 17.9 Å². The molecular formula is C9H8F3N5O. The summed E-state index contributed by atoms with van der Waals surface area (Å²) < 4.78 is 43.1. The minimum Gasteiger partial charge on any atom is -0.490 e. The lowest BCUT2D eigenvalue weighted by atomic mass is 10.4. The van der Waals surface area contributed by atoms with E-state index in [1.165, 1.54) is 7.11 Å². The normalized spacial score (nSPS) is 11.6. The van der Waals surface area contributed by atoms with E-state index in [2.05, 4.69) is 15.1 Å². The second kappa shape index (κ2) is 4.17. The topological polar surface area (TPSA) is 78.9 Å². The van der Waals surface area contributed by atoms with Gasteiger partial charge in [0.2, 0.25) is 11.6 Å². The number of aromatic nitrogens is 4. The van der Waals surface area contributed by atoms with Crippen LogP contribution < -0.4 is 10.5 Å². The molecule has 2 rings (SSSR count). The van der Waals surface area contributed by atoms with Crippen molar-refractivity contribution in [1.82, 2.24) is 19.7 Å². The number of methoxy groups -OCH3 is 1. The fourth-order valence-corrected chi connectivity index (χ4v) is 1.33. The summed E-state index contributed by atoms with van der Waals surface area (Å²) in [4.78, 5) is 7.46. The quantitative estimate of drug-likeness (QED) is 0.878. The first-order chi connectivity index (χ1) is 8.43. The van der Waals surface area contributed by atoms with Gasteiger partial charge in [-0.05, 0) is 6.07 Å². The number of nitrogens with zero attached hydrogens (tertiary/aromatic N) is 4. The van der Waals surface area contributed by atoms with Crippen LogP contribution in [0.3, 0.4) is 0 Å². The minimum absolute atomic E-state index is 0.0200. The molecule has 0 bridgehead atoms. The molecule has 0 unspecified atom stereocenters. The maximum absolute atomic E-state index is 12.4. The van der Waals surface area contributed by atoms with Crippen molar-refractivity contribution in [3.05, 3.63) is 24.3 Å². The van der Waals surface area contributed by atoms with Crippen molar-refractivity contribution in [3.8, 4) is 11.6 Å². The molecule has 96 valence electrons. The zero-order chi connectivity index (χ0) is 13.3. The molecule has 18 heavy (non-hydrogen) atoms. The number of anilines is 1. The third-order valence-electron chi connectivity index (χ3n) is 2.11. The van der Waals surface area contributed by atoms with Crippen LogP contribution in [0.2, 0.25) is 0 Å². The first kappa shape index (κ1) is 12.1. The monoisotopic (exact) mass is 259 g/mol. The molecular weight excluding hydrogens is 251 g/mol. The van der Waals surface area contributed by atoms with E-state index in [0.29, 0.717) is 0 Å². The molecule has 0 amide bonds. The van der Waals surface area contributed by atoms with Crippen molar-refractivity contribution in [3.63, 3.8) is 0 Å². The molecule has 0 aliphatic carbocycles. The zero-order valence-electron chi connectivity index (χ0n) is 9.14. The van der Waals surface area contributed by atoms with Crippen LogP contribution in [-0.4, -0.2) is 26.9 Å². The van der Waals surface area contributed by atoms with Crippen LogP contribution in [0.15, 0.2) is 18.6 Å². The lowest BCUT2D eigenvalue weighted by molar-refractivity contribution is -0.141. The summed E-state index contributed by atoms with van der Waals surface area (Å²) >= 11 is 0. The maximum atomic E-state index is 12.4. The van der Waals surface area contributed by atoms with Crippen LogP contribution in [0.1, 0.15) is 5.69 Å². The number of hydrogen-bond donors (Lipinski definition) is 1. The maximum Gasteiger partial charge on any atom is 0.435 e. The third kappa shape index (κ3) is 2.06. The number of rotatable bonds is 2. The Hall–Kier alpha value is -2.32. The second-order valence-corrected chi connectivity index (χ2v) is 3.26. The molecule has 0 aliphatic heterocycles. The Bertz CT molecular complexity index is 566. The van der Waals surface area contributed by atoms with Crippen LogP contribution in [0, 0.1) is 0 Å². The number of hydrogen-bond acceptors (Lipinski definition) is 5. The molecule has 9 heteroatoms. The van der Waals surface area contributed by atoms with E-state index in [0.717, 1.165) is 23.3 Å². The van der Waals surface area contributed by atoms with E-state index in [9.17, 15) is 13.2 Å². The van der Waals surface area contributed by atoms with Crippen LogP contribution in [0.4, 0.5) is 19.0 Å². The molecule has 2 aromatic heterocycles. The predicted octanol–water partition coefficient (Wildman–Crippen LogP) is 1.27. The highest BCUT2D eigenvalue weighted by molar-refractivity contribution is 5.54. The van der Waals surface area contributed by atoms with Gasteiger partial charge in [0.1, 0.15) is 6.33 Å². The van der Waals surface area contributed by atoms with E-state index in [-0.39, 0.29) is 17.4 Å². The van der Waals surface area contributed by atoms with Gasteiger partial charge in [-0.2, -0.15) is 18.3 Å². The summed E-state index contributed by atoms with van der Waals surface area (Å²) in [5, 5.41) is 3.37. The molecule has 0 spiro atoms. The van der Waals surface area contributed by atoms with Gasteiger partial charge < -0.3 is 10.5 Å². The van der Waals surface area contributed by atoms with Crippen LogP contribution >= 0.6 is 0 Å². The summed E-state index contributed by atoms with van der Waals surface area (Å²) in [5.74, 6) is 0.126. The van der Waals surface area contributed by atoms with Gasteiger partial charge in [-0.15, -0.1) is 0 Å². The number of nitrogen functional groups attached to an aromatic ring is 1. The van der Waals surface area contributed by atoms with E-state index < -0.39 is 11.9 Å². The number of alkyl halides is 3. The van der Waals surface area contributed by atoms with Gasteiger partial charge in [-0.3, -0.25) is 0 Å². The Balaban J connectivity index is 2.50. The largest absolute Gasteiger partial charge is 0.490 e. The highest BCUT2D eigenvalue weighted by Gasteiger charge is 2.34. The SMILES string of the molecule is COc1c(N)ncnc1-n1ccc(C(F)(F)F)n1. The molecule has 2 heterocycles. The summed E-state index contributed by atoms with van der Waals surface area (Å²) in [6, 6.07) is 0.831. The van der Waals surface area contributed by atoms with Gasteiger partial charge in [0.15, 0.2) is 11.5 Å². The first-order valence-electron chi connectivity index (χ1n) is 4.71. The first-order valence-corrected chi connectivity index (χ1v) is 4.71. The number of nitrogens with two attached hydrogens (primary N) is 1. The van der Waals surface area contributed by atoms with E-state index in [4.69, 9.17) is 10.5 Å². The average molecular weight is 259 g/mol. The van der Waals surface area contributed by atoms with Crippen LogP contribution in [0.5, 0.6) is 5.75 Å². The lowest BCUT2D eigenvalue weighted by Crippen LogP contribution is -2.09. The molecule has 0 aromatic carbocycles. The number of ether oxygens (including phenoxy) is 1. The molecule has 0 saturated carbocycles. The fourth-order valence-electron chi connectivity index (χ4n) is 1.33. The van der Waals surface area contributed by atoms with Crippen molar-refractivity contribution in [2.24, 2.45) is 0 Å². The second-order valence-electron chi connectivity index (χ2n) is 3.26. The highest BCUT2D eigenvalue weighted by Crippen LogP contribution is 2.29. The summed E-state index contributed by atoms with van der Waals surface area (Å²) in [6.45, 7) is 0. The van der Waals surface area contributed by atoms with Gasteiger partial charge in [-0.1, -0.05) is 0 Å². The molecule has 0 saturated heterocycles. The average Bonchev–Trinajstić information content (AvgIpc) is 2.77. The molecule has 0 fully saturated rings. The summed E-state index contributed by atoms with van der Waals surface area (Å²) in [5.41, 5.74) is 4.50. The Kier molecular flexibility index (Phi) is 2.81. The standard InChI is InChI=1S/C9H8F3N5O/c1-18-6-7(13)14-4-15-8(6)17-3-2-5(16-17)9(10,11)12/h2-4H,1H3,(H2,13,14,15). The molecule has 2 aromatic rings. The van der Waals surface area contributed by atoms with E-state index >= 15 is 0 Å². The van der Waals surface area contributed by atoms with Crippen molar-refractivity contribution in [1.29, 1.82) is 0 Å². The fraction of sp³-hybridized carbons (Fsp3) is 0.222. The third-order valence-corrected chi connectivity index (χ3v) is 2.11. The van der Waals surface area contributed by atoms with Crippen LogP contribution in [-0.2, 0) is 6.18 Å². The van der Waals surface area contributed by atoms with Gasteiger partial charge in [-0.25, -0.2) is 14.6 Å². The van der Waals surface area contributed by atoms with E-state index in [1.807, 2.05) is 0 Å². The van der Waals surface area contributed by atoms with Crippen molar-refractivity contribution in [2.45, 2.75) is 6.18 Å². The highest BCUT2D eigenvalue weighted by atomic mass is 19.4. The molecule has 2 N–H and O–H groups in total. The van der Waals surface area contributed by atoms with Crippen molar-refractivity contribution >= 4 is 5.82 Å². The van der Waals surface area contributed by atoms with Gasteiger partial charge in [0, 0.05) is 6.20 Å². The van der Waals surface area contributed by atoms with Crippen molar-refractivity contribution in [2.75, 3.05) is 12.8 Å². The van der Waals surface area contributed by atoms with Crippen LogP contribution in [0.25, 0.3) is 5.82 Å². The predicted molar refractivity (Wildman–Crippen MR) is 55.1 cm³/mol. The zero-order valence-corrected chi connectivity index (χ0v) is 9.14.